The fraction of sp³-hybridized carbons (Fsp3) is 0.222. The fourth-order valence-electron chi connectivity index (χ4n) is 2.61. The quantitative estimate of drug-likeness (QED) is 0.633. The average Bonchev–Trinajstić information content (AvgIpc) is 2.98. The third-order valence-corrected chi connectivity index (χ3v) is 5.36. The molecule has 0 saturated heterocycles. The highest BCUT2D eigenvalue weighted by Crippen LogP contribution is 2.35. The van der Waals surface area contributed by atoms with Crippen molar-refractivity contribution in [2.24, 2.45) is 4.99 Å². The molecule has 3 rings (SSSR count). The van der Waals surface area contributed by atoms with E-state index in [1.54, 1.807) is 26.4 Å². The minimum Gasteiger partial charge on any atom is -0.495 e. The van der Waals surface area contributed by atoms with Gasteiger partial charge in [-0.1, -0.05) is 33.3 Å². The van der Waals surface area contributed by atoms with E-state index in [1.165, 1.54) is 11.3 Å². The summed E-state index contributed by atoms with van der Waals surface area (Å²) in [4.78, 5) is 17.5. The van der Waals surface area contributed by atoms with Crippen LogP contribution in [-0.2, 0) is 6.54 Å². The largest absolute Gasteiger partial charge is 0.495 e. The van der Waals surface area contributed by atoms with E-state index in [0.717, 1.165) is 26.2 Å². The molecule has 3 aromatic rings. The summed E-state index contributed by atoms with van der Waals surface area (Å²) in [6, 6.07) is 10.9. The lowest BCUT2D eigenvalue weighted by Gasteiger charge is -2.08. The van der Waals surface area contributed by atoms with Crippen LogP contribution in [0.1, 0.15) is 17.3 Å². The minimum atomic E-state index is -0.284. The number of fused-ring (bicyclic) bond motifs is 1. The smallest absolute Gasteiger partial charge is 0.279 e. The monoisotopic (exact) mass is 420 g/mol. The number of benzene rings is 2. The SMILES string of the molecule is CCn1c(=NC(=O)c2cccc(Br)c2)sc2c(OC)ccc(OC)c21. The molecule has 1 aromatic heterocycles. The number of hydrogen-bond donors (Lipinski definition) is 0. The number of amides is 1. The Morgan fingerprint density at radius 1 is 1.20 bits per heavy atom. The van der Waals surface area contributed by atoms with E-state index in [2.05, 4.69) is 20.9 Å². The van der Waals surface area contributed by atoms with Crippen molar-refractivity contribution in [1.29, 1.82) is 0 Å². The third kappa shape index (κ3) is 3.34. The zero-order chi connectivity index (χ0) is 18.0. The van der Waals surface area contributed by atoms with Crippen molar-refractivity contribution in [2.75, 3.05) is 14.2 Å². The Labute approximate surface area is 157 Å². The molecule has 0 spiro atoms. The first kappa shape index (κ1) is 17.7. The Balaban J connectivity index is 2.24. The maximum absolute atomic E-state index is 12.6. The molecule has 0 aliphatic rings. The molecule has 1 amide bonds. The molecule has 0 saturated carbocycles. The molecule has 7 heteroatoms. The van der Waals surface area contributed by atoms with E-state index < -0.39 is 0 Å². The fourth-order valence-corrected chi connectivity index (χ4v) is 4.21. The van der Waals surface area contributed by atoms with Crippen LogP contribution in [-0.4, -0.2) is 24.7 Å². The second-order valence-electron chi connectivity index (χ2n) is 5.20. The van der Waals surface area contributed by atoms with Crippen LogP contribution in [0, 0.1) is 0 Å². The summed E-state index contributed by atoms with van der Waals surface area (Å²) in [6.07, 6.45) is 0. The van der Waals surface area contributed by atoms with E-state index in [0.29, 0.717) is 16.9 Å². The highest BCUT2D eigenvalue weighted by Gasteiger charge is 2.16. The standard InChI is InChI=1S/C18H17BrN2O3S/c1-4-21-15-13(23-2)8-9-14(24-3)16(15)25-18(21)20-17(22)11-6-5-7-12(19)10-11/h5-10H,4H2,1-3H3. The molecular weight excluding hydrogens is 404 g/mol. The van der Waals surface area contributed by atoms with E-state index in [-0.39, 0.29) is 5.91 Å². The van der Waals surface area contributed by atoms with Crippen molar-refractivity contribution >= 4 is 43.4 Å². The summed E-state index contributed by atoms with van der Waals surface area (Å²) < 4.78 is 14.7. The third-order valence-electron chi connectivity index (χ3n) is 3.78. The second-order valence-corrected chi connectivity index (χ2v) is 7.10. The van der Waals surface area contributed by atoms with Crippen molar-refractivity contribution in [1.82, 2.24) is 4.57 Å². The van der Waals surface area contributed by atoms with Crippen LogP contribution in [0.3, 0.4) is 0 Å². The van der Waals surface area contributed by atoms with Gasteiger partial charge in [-0.3, -0.25) is 4.79 Å². The molecule has 5 nitrogen and oxygen atoms in total. The molecule has 0 fully saturated rings. The van der Waals surface area contributed by atoms with E-state index in [4.69, 9.17) is 9.47 Å². The summed E-state index contributed by atoms with van der Waals surface area (Å²) >= 11 is 4.80. The maximum atomic E-state index is 12.6. The van der Waals surface area contributed by atoms with Crippen LogP contribution < -0.4 is 14.3 Å². The van der Waals surface area contributed by atoms with Crippen LogP contribution in [0.2, 0.25) is 0 Å². The van der Waals surface area contributed by atoms with Crippen molar-refractivity contribution in [2.45, 2.75) is 13.5 Å². The Bertz CT molecular complexity index is 1010. The maximum Gasteiger partial charge on any atom is 0.279 e. The lowest BCUT2D eigenvalue weighted by atomic mass is 10.2. The molecule has 0 bridgehead atoms. The van der Waals surface area contributed by atoms with Gasteiger partial charge < -0.3 is 14.0 Å². The molecule has 0 aliphatic heterocycles. The number of thiazole rings is 1. The van der Waals surface area contributed by atoms with Crippen molar-refractivity contribution < 1.29 is 14.3 Å². The minimum absolute atomic E-state index is 0.284. The number of methoxy groups -OCH3 is 2. The summed E-state index contributed by atoms with van der Waals surface area (Å²) in [5.41, 5.74) is 1.42. The molecule has 0 aliphatic carbocycles. The topological polar surface area (TPSA) is 52.8 Å². The number of rotatable bonds is 4. The number of hydrogen-bond acceptors (Lipinski definition) is 4. The summed E-state index contributed by atoms with van der Waals surface area (Å²) in [5.74, 6) is 1.18. The normalized spacial score (nSPS) is 11.8. The molecule has 1 heterocycles. The Morgan fingerprint density at radius 3 is 2.56 bits per heavy atom. The van der Waals surface area contributed by atoms with Crippen molar-refractivity contribution in [3.05, 3.63) is 51.2 Å². The van der Waals surface area contributed by atoms with Gasteiger partial charge in [-0.05, 0) is 37.3 Å². The van der Waals surface area contributed by atoms with Crippen LogP contribution >= 0.6 is 27.3 Å². The van der Waals surface area contributed by atoms with Crippen molar-refractivity contribution in [3.8, 4) is 11.5 Å². The summed E-state index contributed by atoms with van der Waals surface area (Å²) in [6.45, 7) is 2.67. The molecule has 130 valence electrons. The van der Waals surface area contributed by atoms with Crippen LogP contribution in [0.15, 0.2) is 45.9 Å². The van der Waals surface area contributed by atoms with Gasteiger partial charge in [0.05, 0.1) is 14.2 Å². The first-order chi connectivity index (χ1) is 12.1. The number of aromatic nitrogens is 1. The zero-order valence-electron chi connectivity index (χ0n) is 14.1. The Kier molecular flexibility index (Phi) is 5.24. The van der Waals surface area contributed by atoms with Gasteiger partial charge in [0.25, 0.3) is 5.91 Å². The molecule has 0 atom stereocenters. The van der Waals surface area contributed by atoms with Crippen LogP contribution in [0.5, 0.6) is 11.5 Å². The van der Waals surface area contributed by atoms with Gasteiger partial charge in [0.15, 0.2) is 4.80 Å². The summed E-state index contributed by atoms with van der Waals surface area (Å²) in [5, 5.41) is 0. The first-order valence-electron chi connectivity index (χ1n) is 7.68. The lowest BCUT2D eigenvalue weighted by Crippen LogP contribution is -2.16. The van der Waals surface area contributed by atoms with Gasteiger partial charge in [-0.25, -0.2) is 0 Å². The molecule has 0 radical (unpaired) electrons. The molecule has 0 N–H and O–H groups in total. The second kappa shape index (κ2) is 7.41. The Morgan fingerprint density at radius 2 is 1.92 bits per heavy atom. The van der Waals surface area contributed by atoms with E-state index >= 15 is 0 Å². The number of carbonyl (C=O) groups excluding carboxylic acids is 1. The number of aryl methyl sites for hydroxylation is 1. The number of ether oxygens (including phenoxy) is 2. The number of halogens is 1. The molecule has 2 aromatic carbocycles. The zero-order valence-corrected chi connectivity index (χ0v) is 16.5. The van der Waals surface area contributed by atoms with E-state index in [9.17, 15) is 4.79 Å². The van der Waals surface area contributed by atoms with E-state index in [1.807, 2.05) is 35.8 Å². The van der Waals surface area contributed by atoms with Crippen molar-refractivity contribution in [3.63, 3.8) is 0 Å². The first-order valence-corrected chi connectivity index (χ1v) is 9.29. The van der Waals surface area contributed by atoms with Gasteiger partial charge in [0.1, 0.15) is 21.7 Å². The van der Waals surface area contributed by atoms with Gasteiger partial charge >= 0.3 is 0 Å². The predicted molar refractivity (Wildman–Crippen MR) is 103 cm³/mol. The number of carbonyl (C=O) groups is 1. The Hall–Kier alpha value is -2.12. The molecule has 0 unspecified atom stereocenters. The van der Waals surface area contributed by atoms with Gasteiger partial charge in [0, 0.05) is 16.6 Å². The van der Waals surface area contributed by atoms with Gasteiger partial charge in [-0.15, -0.1) is 0 Å². The highest BCUT2D eigenvalue weighted by atomic mass is 79.9. The predicted octanol–water partition coefficient (Wildman–Crippen LogP) is 4.24. The van der Waals surface area contributed by atoms with Crippen LogP contribution in [0.4, 0.5) is 0 Å². The van der Waals surface area contributed by atoms with Gasteiger partial charge in [-0.2, -0.15) is 4.99 Å². The van der Waals surface area contributed by atoms with Crippen LogP contribution in [0.25, 0.3) is 10.2 Å². The highest BCUT2D eigenvalue weighted by molar-refractivity contribution is 9.10. The average molecular weight is 421 g/mol. The summed E-state index contributed by atoms with van der Waals surface area (Å²) in [7, 11) is 3.25. The van der Waals surface area contributed by atoms with Gasteiger partial charge in [0.2, 0.25) is 0 Å². The number of nitrogens with zero attached hydrogens (tertiary/aromatic N) is 2. The lowest BCUT2D eigenvalue weighted by molar-refractivity contribution is 0.0998. The molecular formula is C18H17BrN2O3S. The molecule has 25 heavy (non-hydrogen) atoms.